The molecule has 2 aliphatic rings. The molecule has 3 rings (SSSR count). The molecule has 2 fully saturated rings. The molecule has 1 aromatic rings. The van der Waals surface area contributed by atoms with Gasteiger partial charge in [0, 0.05) is 32.2 Å². The van der Waals surface area contributed by atoms with Gasteiger partial charge in [-0.05, 0) is 24.5 Å². The number of rotatable bonds is 5. The molecule has 1 saturated heterocycles. The van der Waals surface area contributed by atoms with Crippen molar-refractivity contribution in [1.82, 2.24) is 4.90 Å². The molecule has 1 aliphatic heterocycles. The van der Waals surface area contributed by atoms with E-state index in [2.05, 4.69) is 4.90 Å². The molecule has 0 bridgehead atoms. The van der Waals surface area contributed by atoms with Crippen molar-refractivity contribution < 1.29 is 19.4 Å². The maximum atomic E-state index is 11.4. The summed E-state index contributed by atoms with van der Waals surface area (Å²) in [7, 11) is 1.79. The average Bonchev–Trinajstić information content (AvgIpc) is 3.04. The number of carbonyl (C=O) groups is 1. The van der Waals surface area contributed by atoms with E-state index >= 15 is 0 Å². The van der Waals surface area contributed by atoms with Gasteiger partial charge in [0.1, 0.15) is 0 Å². The summed E-state index contributed by atoms with van der Waals surface area (Å²) in [5, 5.41) is 9.39. The number of hydrogen-bond donors (Lipinski definition) is 1. The normalized spacial score (nSPS) is 28.8. The van der Waals surface area contributed by atoms with E-state index in [1.54, 1.807) is 19.2 Å². The van der Waals surface area contributed by atoms with Crippen LogP contribution in [0.25, 0.3) is 0 Å². The lowest BCUT2D eigenvalue weighted by atomic mass is 9.93. The number of ether oxygens (including phenoxy) is 2. The molecule has 5 heteroatoms. The van der Waals surface area contributed by atoms with Crippen LogP contribution in [0.1, 0.15) is 35.2 Å². The Bertz CT molecular complexity index is 548. The summed E-state index contributed by atoms with van der Waals surface area (Å²) in [5.74, 6) is -0.390. The van der Waals surface area contributed by atoms with E-state index in [0.29, 0.717) is 43.4 Å². The Morgan fingerprint density at radius 2 is 2.22 bits per heavy atom. The van der Waals surface area contributed by atoms with Crippen LogP contribution in [0.3, 0.4) is 0 Å². The summed E-state index contributed by atoms with van der Waals surface area (Å²) >= 11 is 0. The zero-order chi connectivity index (χ0) is 16.2. The van der Waals surface area contributed by atoms with Crippen molar-refractivity contribution in [3.8, 4) is 0 Å². The summed E-state index contributed by atoms with van der Waals surface area (Å²) < 4.78 is 11.4. The third kappa shape index (κ3) is 3.57. The van der Waals surface area contributed by atoms with Crippen molar-refractivity contribution in [3.63, 3.8) is 0 Å². The first-order valence-electron chi connectivity index (χ1n) is 8.36. The van der Waals surface area contributed by atoms with Crippen LogP contribution in [0.4, 0.5) is 0 Å². The summed E-state index contributed by atoms with van der Waals surface area (Å²) in [6.45, 7) is 2.91. The Balaban J connectivity index is 1.78. The standard InChI is InChI=1S/C18H25NO4/c1-22-17-8-4-7-15(17)16-12-23-10-9-19(16)11-13-5-2-3-6-14(13)18(20)21/h2-3,5-6,15-17H,4,7-12H2,1H3,(H,20,21). The van der Waals surface area contributed by atoms with Crippen molar-refractivity contribution >= 4 is 5.97 Å². The van der Waals surface area contributed by atoms with E-state index in [1.807, 2.05) is 12.1 Å². The Morgan fingerprint density at radius 1 is 1.39 bits per heavy atom. The first-order chi connectivity index (χ1) is 11.2. The summed E-state index contributed by atoms with van der Waals surface area (Å²) in [4.78, 5) is 13.8. The SMILES string of the molecule is COC1CCCC1C1COCCN1Cc1ccccc1C(=O)O. The molecule has 0 radical (unpaired) electrons. The highest BCUT2D eigenvalue weighted by atomic mass is 16.5. The molecule has 1 aromatic carbocycles. The maximum Gasteiger partial charge on any atom is 0.336 e. The van der Waals surface area contributed by atoms with Gasteiger partial charge in [-0.25, -0.2) is 4.79 Å². The maximum absolute atomic E-state index is 11.4. The van der Waals surface area contributed by atoms with Gasteiger partial charge in [0.2, 0.25) is 0 Å². The second kappa shape index (κ2) is 7.43. The molecule has 0 spiro atoms. The topological polar surface area (TPSA) is 59.0 Å². The fourth-order valence-corrected chi connectivity index (χ4v) is 4.02. The van der Waals surface area contributed by atoms with E-state index in [-0.39, 0.29) is 0 Å². The molecule has 3 atom stereocenters. The average molecular weight is 319 g/mol. The number of methoxy groups -OCH3 is 1. The first kappa shape index (κ1) is 16.4. The molecule has 1 aliphatic carbocycles. The number of benzene rings is 1. The zero-order valence-electron chi connectivity index (χ0n) is 13.6. The van der Waals surface area contributed by atoms with E-state index in [1.165, 1.54) is 6.42 Å². The third-order valence-electron chi connectivity index (χ3n) is 5.20. The lowest BCUT2D eigenvalue weighted by Gasteiger charge is -2.40. The Kier molecular flexibility index (Phi) is 5.30. The fraction of sp³-hybridized carbons (Fsp3) is 0.611. The third-order valence-corrected chi connectivity index (χ3v) is 5.20. The molecular weight excluding hydrogens is 294 g/mol. The second-order valence-electron chi connectivity index (χ2n) is 6.44. The highest BCUT2D eigenvalue weighted by molar-refractivity contribution is 5.89. The molecule has 5 nitrogen and oxygen atoms in total. The zero-order valence-corrected chi connectivity index (χ0v) is 13.6. The predicted octanol–water partition coefficient (Wildman–Crippen LogP) is 2.40. The fourth-order valence-electron chi connectivity index (χ4n) is 4.02. The Labute approximate surface area is 137 Å². The van der Waals surface area contributed by atoms with Crippen LogP contribution >= 0.6 is 0 Å². The van der Waals surface area contributed by atoms with Crippen LogP contribution in [-0.4, -0.2) is 55.0 Å². The van der Waals surface area contributed by atoms with E-state index < -0.39 is 5.97 Å². The number of carboxylic acids is 1. The quantitative estimate of drug-likeness (QED) is 0.903. The van der Waals surface area contributed by atoms with Gasteiger partial charge in [-0.15, -0.1) is 0 Å². The van der Waals surface area contributed by atoms with Crippen LogP contribution in [0.2, 0.25) is 0 Å². The van der Waals surface area contributed by atoms with Crippen LogP contribution in [0, 0.1) is 5.92 Å². The smallest absolute Gasteiger partial charge is 0.336 e. The minimum atomic E-state index is -0.860. The van der Waals surface area contributed by atoms with Gasteiger partial charge in [-0.2, -0.15) is 0 Å². The van der Waals surface area contributed by atoms with Crippen LogP contribution in [-0.2, 0) is 16.0 Å². The molecule has 0 aromatic heterocycles. The number of morpholine rings is 1. The monoisotopic (exact) mass is 319 g/mol. The largest absolute Gasteiger partial charge is 0.478 e. The number of aromatic carboxylic acids is 1. The lowest BCUT2D eigenvalue weighted by molar-refractivity contribution is -0.0608. The van der Waals surface area contributed by atoms with Crippen molar-refractivity contribution in [2.45, 2.75) is 38.0 Å². The van der Waals surface area contributed by atoms with Crippen LogP contribution < -0.4 is 0 Å². The van der Waals surface area contributed by atoms with Crippen molar-refractivity contribution in [3.05, 3.63) is 35.4 Å². The second-order valence-corrected chi connectivity index (χ2v) is 6.44. The number of carboxylic acid groups (broad SMARTS) is 1. The van der Waals surface area contributed by atoms with E-state index in [9.17, 15) is 9.90 Å². The molecular formula is C18H25NO4. The molecule has 23 heavy (non-hydrogen) atoms. The number of nitrogens with zero attached hydrogens (tertiary/aromatic N) is 1. The highest BCUT2D eigenvalue weighted by Gasteiger charge is 2.38. The Hall–Kier alpha value is -1.43. The van der Waals surface area contributed by atoms with Crippen molar-refractivity contribution in [1.29, 1.82) is 0 Å². The van der Waals surface area contributed by atoms with Gasteiger partial charge in [0.25, 0.3) is 0 Å². The summed E-state index contributed by atoms with van der Waals surface area (Å²) in [6.07, 6.45) is 3.75. The Morgan fingerprint density at radius 3 is 3.00 bits per heavy atom. The van der Waals surface area contributed by atoms with Crippen molar-refractivity contribution in [2.75, 3.05) is 26.9 Å². The molecule has 1 N–H and O–H groups in total. The molecule has 126 valence electrons. The molecule has 1 saturated carbocycles. The van der Waals surface area contributed by atoms with Gasteiger partial charge >= 0.3 is 5.97 Å². The minimum Gasteiger partial charge on any atom is -0.478 e. The van der Waals surface area contributed by atoms with Crippen LogP contribution in [0.15, 0.2) is 24.3 Å². The van der Waals surface area contributed by atoms with Crippen LogP contribution in [0.5, 0.6) is 0 Å². The van der Waals surface area contributed by atoms with Gasteiger partial charge in [0.05, 0.1) is 24.9 Å². The van der Waals surface area contributed by atoms with E-state index in [0.717, 1.165) is 24.9 Å². The van der Waals surface area contributed by atoms with Gasteiger partial charge in [0.15, 0.2) is 0 Å². The molecule has 1 heterocycles. The predicted molar refractivity (Wildman–Crippen MR) is 86.6 cm³/mol. The lowest BCUT2D eigenvalue weighted by Crippen LogP contribution is -2.51. The summed E-state index contributed by atoms with van der Waals surface area (Å²) in [6, 6.07) is 7.59. The van der Waals surface area contributed by atoms with Gasteiger partial charge in [-0.3, -0.25) is 4.90 Å². The highest BCUT2D eigenvalue weighted by Crippen LogP contribution is 2.34. The summed E-state index contributed by atoms with van der Waals surface area (Å²) in [5.41, 5.74) is 1.27. The van der Waals surface area contributed by atoms with Gasteiger partial charge < -0.3 is 14.6 Å². The van der Waals surface area contributed by atoms with Crippen molar-refractivity contribution in [2.24, 2.45) is 5.92 Å². The first-order valence-corrected chi connectivity index (χ1v) is 8.36. The minimum absolute atomic E-state index is 0.291. The van der Waals surface area contributed by atoms with Gasteiger partial charge in [-0.1, -0.05) is 24.6 Å². The molecule has 3 unspecified atom stereocenters. The molecule has 0 amide bonds. The van der Waals surface area contributed by atoms with E-state index in [4.69, 9.17) is 9.47 Å². The number of hydrogen-bond acceptors (Lipinski definition) is 4.